The number of rotatable bonds is 5. The Balaban J connectivity index is 2.07. The third kappa shape index (κ3) is 3.51. The zero-order valence-electron chi connectivity index (χ0n) is 13.2. The Morgan fingerprint density at radius 2 is 1.71 bits per heavy atom. The zero-order valence-corrected chi connectivity index (χ0v) is 14.8. The standard InChI is InChI=1S/C19H18BrNO3/c20-15-8-6-13(7-9-15)19(24)16-5-3-4-14(12-17(22)23)18(16)21-10-1-2-11-21/h3-9H,1-2,10-12H2,(H,22,23). The van der Waals surface area contributed by atoms with E-state index in [-0.39, 0.29) is 12.2 Å². The highest BCUT2D eigenvalue weighted by atomic mass is 79.9. The van der Waals surface area contributed by atoms with Gasteiger partial charge in [0.15, 0.2) is 5.78 Å². The Hall–Kier alpha value is -2.14. The number of carbonyl (C=O) groups is 2. The molecule has 5 heteroatoms. The SMILES string of the molecule is O=C(O)Cc1cccc(C(=O)c2ccc(Br)cc2)c1N1CCCC1. The number of nitrogens with zero attached hydrogens (tertiary/aromatic N) is 1. The van der Waals surface area contributed by atoms with Gasteiger partial charge < -0.3 is 10.0 Å². The van der Waals surface area contributed by atoms with Crippen LogP contribution >= 0.6 is 15.9 Å². The van der Waals surface area contributed by atoms with Crippen LogP contribution in [-0.2, 0) is 11.2 Å². The summed E-state index contributed by atoms with van der Waals surface area (Å²) in [7, 11) is 0. The first-order valence-electron chi connectivity index (χ1n) is 7.95. The van der Waals surface area contributed by atoms with Gasteiger partial charge in [-0.15, -0.1) is 0 Å². The third-order valence-corrected chi connectivity index (χ3v) is 4.76. The lowest BCUT2D eigenvalue weighted by molar-refractivity contribution is -0.136. The second kappa shape index (κ2) is 7.18. The summed E-state index contributed by atoms with van der Waals surface area (Å²) >= 11 is 3.37. The maximum Gasteiger partial charge on any atom is 0.307 e. The number of carboxylic acid groups (broad SMARTS) is 1. The lowest BCUT2D eigenvalue weighted by Crippen LogP contribution is -2.23. The third-order valence-electron chi connectivity index (χ3n) is 4.23. The average Bonchev–Trinajstić information content (AvgIpc) is 3.08. The second-order valence-electron chi connectivity index (χ2n) is 5.91. The van der Waals surface area contributed by atoms with Crippen LogP contribution in [0.15, 0.2) is 46.9 Å². The highest BCUT2D eigenvalue weighted by Gasteiger charge is 2.24. The summed E-state index contributed by atoms with van der Waals surface area (Å²) < 4.78 is 0.915. The van der Waals surface area contributed by atoms with Crippen LogP contribution in [0.2, 0.25) is 0 Å². The van der Waals surface area contributed by atoms with Gasteiger partial charge in [0.05, 0.1) is 12.1 Å². The van der Waals surface area contributed by atoms with Gasteiger partial charge in [-0.05, 0) is 48.7 Å². The number of hydrogen-bond acceptors (Lipinski definition) is 3. The van der Waals surface area contributed by atoms with Gasteiger partial charge in [-0.1, -0.05) is 28.1 Å². The fourth-order valence-corrected chi connectivity index (χ4v) is 3.42. The monoisotopic (exact) mass is 387 g/mol. The number of para-hydroxylation sites is 1. The number of ketones is 1. The summed E-state index contributed by atoms with van der Waals surface area (Å²) in [6, 6.07) is 12.6. The molecule has 4 nitrogen and oxygen atoms in total. The van der Waals surface area contributed by atoms with E-state index in [0.29, 0.717) is 16.7 Å². The smallest absolute Gasteiger partial charge is 0.307 e. The highest BCUT2D eigenvalue weighted by Crippen LogP contribution is 2.31. The molecule has 0 aromatic heterocycles. The molecule has 0 saturated carbocycles. The van der Waals surface area contributed by atoms with Gasteiger partial charge in [-0.2, -0.15) is 0 Å². The largest absolute Gasteiger partial charge is 0.481 e. The maximum atomic E-state index is 13.0. The van der Waals surface area contributed by atoms with Gasteiger partial charge in [0.1, 0.15) is 0 Å². The summed E-state index contributed by atoms with van der Waals surface area (Å²) in [5.74, 6) is -0.958. The van der Waals surface area contributed by atoms with Crippen molar-refractivity contribution >= 4 is 33.4 Å². The molecular formula is C19H18BrNO3. The average molecular weight is 388 g/mol. The van der Waals surface area contributed by atoms with Gasteiger partial charge in [0, 0.05) is 28.7 Å². The topological polar surface area (TPSA) is 57.6 Å². The molecule has 0 unspecified atom stereocenters. The Bertz CT molecular complexity index is 765. The molecule has 2 aromatic rings. The van der Waals surface area contributed by atoms with E-state index in [1.807, 2.05) is 12.1 Å². The number of benzene rings is 2. The molecular weight excluding hydrogens is 370 g/mol. The Labute approximate surface area is 149 Å². The van der Waals surface area contributed by atoms with Crippen molar-refractivity contribution in [1.82, 2.24) is 0 Å². The lowest BCUT2D eigenvalue weighted by atomic mass is 9.96. The van der Waals surface area contributed by atoms with Gasteiger partial charge in [0.25, 0.3) is 0 Å². The fourth-order valence-electron chi connectivity index (χ4n) is 3.15. The van der Waals surface area contributed by atoms with Crippen molar-refractivity contribution in [2.24, 2.45) is 0 Å². The predicted molar refractivity (Wildman–Crippen MR) is 96.8 cm³/mol. The molecule has 0 bridgehead atoms. The van der Waals surface area contributed by atoms with E-state index >= 15 is 0 Å². The summed E-state index contributed by atoms with van der Waals surface area (Å²) in [4.78, 5) is 26.3. The lowest BCUT2D eigenvalue weighted by Gasteiger charge is -2.24. The van der Waals surface area contributed by atoms with Crippen LogP contribution in [0.1, 0.15) is 34.3 Å². The minimum absolute atomic E-state index is 0.0726. The van der Waals surface area contributed by atoms with E-state index in [1.54, 1.807) is 30.3 Å². The molecule has 0 radical (unpaired) electrons. The van der Waals surface area contributed by atoms with E-state index in [1.165, 1.54) is 0 Å². The van der Waals surface area contributed by atoms with Gasteiger partial charge in [0.2, 0.25) is 0 Å². The number of hydrogen-bond donors (Lipinski definition) is 1. The van der Waals surface area contributed by atoms with Gasteiger partial charge in [-0.3, -0.25) is 9.59 Å². The van der Waals surface area contributed by atoms with Crippen LogP contribution in [0.5, 0.6) is 0 Å². The quantitative estimate of drug-likeness (QED) is 0.790. The molecule has 0 amide bonds. The normalized spacial score (nSPS) is 14.0. The number of aliphatic carboxylic acids is 1. The molecule has 1 aliphatic heterocycles. The molecule has 1 fully saturated rings. The first-order valence-corrected chi connectivity index (χ1v) is 8.74. The minimum Gasteiger partial charge on any atom is -0.481 e. The number of carbonyl (C=O) groups excluding carboxylic acids is 1. The van der Waals surface area contributed by atoms with Crippen LogP contribution in [-0.4, -0.2) is 29.9 Å². The zero-order chi connectivity index (χ0) is 17.1. The molecule has 24 heavy (non-hydrogen) atoms. The Morgan fingerprint density at radius 1 is 1.04 bits per heavy atom. The van der Waals surface area contributed by atoms with Gasteiger partial charge in [-0.25, -0.2) is 0 Å². The maximum absolute atomic E-state index is 13.0. The molecule has 0 spiro atoms. The molecule has 1 N–H and O–H groups in total. The van der Waals surface area contributed by atoms with Gasteiger partial charge >= 0.3 is 5.97 Å². The second-order valence-corrected chi connectivity index (χ2v) is 6.83. The molecule has 1 saturated heterocycles. The number of halogens is 1. The molecule has 1 heterocycles. The van der Waals surface area contributed by atoms with Crippen molar-refractivity contribution in [2.45, 2.75) is 19.3 Å². The minimum atomic E-state index is -0.885. The fraction of sp³-hybridized carbons (Fsp3) is 0.263. The van der Waals surface area contributed by atoms with Crippen molar-refractivity contribution in [1.29, 1.82) is 0 Å². The van der Waals surface area contributed by atoms with Crippen molar-refractivity contribution in [2.75, 3.05) is 18.0 Å². The molecule has 1 aliphatic rings. The van der Waals surface area contributed by atoms with E-state index in [2.05, 4.69) is 20.8 Å². The first-order chi connectivity index (χ1) is 11.6. The van der Waals surface area contributed by atoms with Crippen molar-refractivity contribution < 1.29 is 14.7 Å². The highest BCUT2D eigenvalue weighted by molar-refractivity contribution is 9.10. The van der Waals surface area contributed by atoms with E-state index in [4.69, 9.17) is 0 Å². The summed E-state index contributed by atoms with van der Waals surface area (Å²) in [5, 5.41) is 9.20. The van der Waals surface area contributed by atoms with E-state index < -0.39 is 5.97 Å². The Kier molecular flexibility index (Phi) is 5.00. The summed E-state index contributed by atoms with van der Waals surface area (Å²) in [6.07, 6.45) is 2.05. The molecule has 124 valence electrons. The molecule has 3 rings (SSSR count). The number of carboxylic acids is 1. The number of anilines is 1. The van der Waals surface area contributed by atoms with Crippen molar-refractivity contribution in [3.8, 4) is 0 Å². The molecule has 2 aromatic carbocycles. The van der Waals surface area contributed by atoms with E-state index in [0.717, 1.165) is 36.1 Å². The van der Waals surface area contributed by atoms with E-state index in [9.17, 15) is 14.7 Å². The van der Waals surface area contributed by atoms with Crippen molar-refractivity contribution in [3.05, 3.63) is 63.6 Å². The van der Waals surface area contributed by atoms with Crippen LogP contribution < -0.4 is 4.90 Å². The summed E-state index contributed by atoms with van der Waals surface area (Å²) in [6.45, 7) is 1.72. The van der Waals surface area contributed by atoms with Crippen LogP contribution in [0.25, 0.3) is 0 Å². The van der Waals surface area contributed by atoms with Crippen LogP contribution in [0.3, 0.4) is 0 Å². The summed E-state index contributed by atoms with van der Waals surface area (Å²) in [5.41, 5.74) is 2.67. The van der Waals surface area contributed by atoms with Crippen LogP contribution in [0, 0.1) is 0 Å². The van der Waals surface area contributed by atoms with Crippen LogP contribution in [0.4, 0.5) is 5.69 Å². The molecule has 0 aliphatic carbocycles. The molecule has 0 atom stereocenters. The Morgan fingerprint density at radius 3 is 2.33 bits per heavy atom. The first kappa shape index (κ1) is 16.7. The van der Waals surface area contributed by atoms with Crippen molar-refractivity contribution in [3.63, 3.8) is 0 Å². The predicted octanol–water partition coefficient (Wildman–Crippen LogP) is 3.91.